The Morgan fingerprint density at radius 1 is 1.06 bits per heavy atom. The number of para-hydroxylation sites is 1. The number of nitrogens with one attached hydrogen (secondary N) is 2. The predicted octanol–water partition coefficient (Wildman–Crippen LogP) is 3.23. The molecule has 0 saturated carbocycles. The zero-order valence-electron chi connectivity index (χ0n) is 19.4. The SMILES string of the molecule is CNC1CCN(c2nc(NCc3ccccc3-n3cccn3)n3ncc(C(C)C)c3n2)CC1. The average molecular weight is 446 g/mol. The van der Waals surface area contributed by atoms with Crippen molar-refractivity contribution in [1.29, 1.82) is 0 Å². The van der Waals surface area contributed by atoms with E-state index in [0.29, 0.717) is 24.5 Å². The van der Waals surface area contributed by atoms with Crippen LogP contribution in [0.4, 0.5) is 11.9 Å². The largest absolute Gasteiger partial charge is 0.350 e. The number of aromatic nitrogens is 6. The molecule has 9 heteroatoms. The van der Waals surface area contributed by atoms with E-state index in [-0.39, 0.29) is 0 Å². The number of benzene rings is 1. The van der Waals surface area contributed by atoms with E-state index in [9.17, 15) is 0 Å². The Morgan fingerprint density at radius 3 is 2.61 bits per heavy atom. The van der Waals surface area contributed by atoms with E-state index in [1.807, 2.05) is 46.8 Å². The molecule has 2 N–H and O–H groups in total. The van der Waals surface area contributed by atoms with Crippen LogP contribution < -0.4 is 15.5 Å². The van der Waals surface area contributed by atoms with E-state index in [4.69, 9.17) is 9.97 Å². The number of hydrogen-bond donors (Lipinski definition) is 2. The molecule has 0 unspecified atom stereocenters. The Balaban J connectivity index is 1.48. The summed E-state index contributed by atoms with van der Waals surface area (Å²) in [5.74, 6) is 1.80. The molecule has 0 bridgehead atoms. The molecule has 0 atom stereocenters. The minimum absolute atomic E-state index is 0.327. The highest BCUT2D eigenvalue weighted by molar-refractivity contribution is 5.56. The number of fused-ring (bicyclic) bond motifs is 1. The first-order valence-electron chi connectivity index (χ1n) is 11.6. The lowest BCUT2D eigenvalue weighted by molar-refractivity contribution is 0.439. The first kappa shape index (κ1) is 21.4. The molecule has 0 amide bonds. The summed E-state index contributed by atoms with van der Waals surface area (Å²) in [6, 6.07) is 10.7. The Kier molecular flexibility index (Phi) is 5.95. The van der Waals surface area contributed by atoms with Gasteiger partial charge in [-0.1, -0.05) is 32.0 Å². The third-order valence-corrected chi connectivity index (χ3v) is 6.37. The highest BCUT2D eigenvalue weighted by atomic mass is 15.4. The smallest absolute Gasteiger partial charge is 0.230 e. The van der Waals surface area contributed by atoms with Crippen LogP contribution in [0.3, 0.4) is 0 Å². The van der Waals surface area contributed by atoms with Crippen molar-refractivity contribution in [2.45, 2.75) is 45.2 Å². The molecule has 1 fully saturated rings. The molecule has 0 spiro atoms. The van der Waals surface area contributed by atoms with Gasteiger partial charge in [-0.3, -0.25) is 0 Å². The fourth-order valence-electron chi connectivity index (χ4n) is 4.38. The van der Waals surface area contributed by atoms with Crippen molar-refractivity contribution in [3.63, 3.8) is 0 Å². The van der Waals surface area contributed by atoms with Gasteiger partial charge in [0.1, 0.15) is 0 Å². The van der Waals surface area contributed by atoms with Gasteiger partial charge >= 0.3 is 0 Å². The molecule has 1 aromatic carbocycles. The van der Waals surface area contributed by atoms with Gasteiger partial charge in [0.2, 0.25) is 11.9 Å². The van der Waals surface area contributed by atoms with Crippen LogP contribution in [-0.4, -0.2) is 55.5 Å². The predicted molar refractivity (Wildman–Crippen MR) is 130 cm³/mol. The maximum atomic E-state index is 4.95. The summed E-state index contributed by atoms with van der Waals surface area (Å²) in [5, 5.41) is 15.9. The quantitative estimate of drug-likeness (QED) is 0.451. The van der Waals surface area contributed by atoms with Crippen molar-refractivity contribution in [3.8, 4) is 5.69 Å². The molecule has 3 aromatic heterocycles. The average Bonchev–Trinajstić information content (AvgIpc) is 3.53. The molecule has 1 saturated heterocycles. The van der Waals surface area contributed by atoms with Crippen molar-refractivity contribution in [2.24, 2.45) is 0 Å². The van der Waals surface area contributed by atoms with Gasteiger partial charge in [-0.2, -0.15) is 24.7 Å². The number of piperidine rings is 1. The fourth-order valence-corrected chi connectivity index (χ4v) is 4.38. The Labute approximate surface area is 193 Å². The summed E-state index contributed by atoms with van der Waals surface area (Å²) in [7, 11) is 2.03. The Hall–Kier alpha value is -3.46. The molecule has 4 aromatic rings. The van der Waals surface area contributed by atoms with Gasteiger partial charge in [0.15, 0.2) is 5.65 Å². The number of anilines is 2. The van der Waals surface area contributed by atoms with E-state index in [0.717, 1.165) is 54.3 Å². The van der Waals surface area contributed by atoms with Crippen molar-refractivity contribution in [2.75, 3.05) is 30.4 Å². The topological polar surface area (TPSA) is 88.2 Å². The van der Waals surface area contributed by atoms with Crippen molar-refractivity contribution in [3.05, 3.63) is 60.0 Å². The standard InChI is InChI=1S/C24H31N9/c1-17(2)20-16-28-33-22(20)29-24(31-13-9-19(25-3)10-14-31)30-23(33)26-15-18-7-4-5-8-21(18)32-12-6-11-27-32/h4-8,11-12,16-17,19,25H,9-10,13-15H2,1-3H3,(H,26,29,30). The Morgan fingerprint density at radius 2 is 1.88 bits per heavy atom. The second kappa shape index (κ2) is 9.19. The van der Waals surface area contributed by atoms with Gasteiger partial charge < -0.3 is 15.5 Å². The summed E-state index contributed by atoms with van der Waals surface area (Å²) in [4.78, 5) is 12.1. The lowest BCUT2D eigenvalue weighted by atomic mass is 10.1. The van der Waals surface area contributed by atoms with Crippen LogP contribution in [0.1, 0.15) is 43.7 Å². The van der Waals surface area contributed by atoms with Gasteiger partial charge in [0, 0.05) is 43.6 Å². The van der Waals surface area contributed by atoms with Gasteiger partial charge in [0.05, 0.1) is 11.9 Å². The zero-order valence-corrected chi connectivity index (χ0v) is 19.4. The first-order chi connectivity index (χ1) is 16.1. The molecule has 0 aliphatic carbocycles. The summed E-state index contributed by atoms with van der Waals surface area (Å²) >= 11 is 0. The summed E-state index contributed by atoms with van der Waals surface area (Å²) in [5.41, 5.74) is 4.16. The fraction of sp³-hybridized carbons (Fsp3) is 0.417. The van der Waals surface area contributed by atoms with Crippen molar-refractivity contribution in [1.82, 2.24) is 34.7 Å². The van der Waals surface area contributed by atoms with E-state index >= 15 is 0 Å². The minimum Gasteiger partial charge on any atom is -0.350 e. The highest BCUT2D eigenvalue weighted by Crippen LogP contribution is 2.25. The lowest BCUT2D eigenvalue weighted by Gasteiger charge is -2.32. The molecule has 33 heavy (non-hydrogen) atoms. The van der Waals surface area contributed by atoms with Gasteiger partial charge in [-0.05, 0) is 43.5 Å². The first-order valence-corrected chi connectivity index (χ1v) is 11.6. The van der Waals surface area contributed by atoms with Crippen molar-refractivity contribution < 1.29 is 0 Å². The van der Waals surface area contributed by atoms with E-state index in [2.05, 4.69) is 51.7 Å². The number of hydrogen-bond acceptors (Lipinski definition) is 7. The third-order valence-electron chi connectivity index (χ3n) is 6.37. The lowest BCUT2D eigenvalue weighted by Crippen LogP contribution is -2.42. The number of nitrogens with zero attached hydrogens (tertiary/aromatic N) is 7. The molecule has 172 valence electrons. The Bertz CT molecular complexity index is 1200. The number of rotatable bonds is 7. The molecule has 5 rings (SSSR count). The van der Waals surface area contributed by atoms with Crippen LogP contribution in [0, 0.1) is 0 Å². The summed E-state index contributed by atoms with van der Waals surface area (Å²) < 4.78 is 3.71. The van der Waals surface area contributed by atoms with Gasteiger partial charge in [-0.25, -0.2) is 4.68 Å². The van der Waals surface area contributed by atoms with E-state index in [1.165, 1.54) is 0 Å². The highest BCUT2D eigenvalue weighted by Gasteiger charge is 2.23. The van der Waals surface area contributed by atoms with Crippen LogP contribution in [0.15, 0.2) is 48.9 Å². The summed E-state index contributed by atoms with van der Waals surface area (Å²) in [6.45, 7) is 6.82. The van der Waals surface area contributed by atoms with Crippen LogP contribution >= 0.6 is 0 Å². The maximum absolute atomic E-state index is 4.95. The molecule has 1 aliphatic heterocycles. The van der Waals surface area contributed by atoms with Crippen LogP contribution in [0.2, 0.25) is 0 Å². The molecule has 4 heterocycles. The third kappa shape index (κ3) is 4.28. The van der Waals surface area contributed by atoms with Crippen LogP contribution in [0.5, 0.6) is 0 Å². The second-order valence-electron chi connectivity index (χ2n) is 8.82. The molecular formula is C24H31N9. The van der Waals surface area contributed by atoms with Crippen LogP contribution in [-0.2, 0) is 6.54 Å². The zero-order chi connectivity index (χ0) is 22.8. The van der Waals surface area contributed by atoms with Crippen molar-refractivity contribution >= 4 is 17.5 Å². The minimum atomic E-state index is 0.327. The molecule has 9 nitrogen and oxygen atoms in total. The van der Waals surface area contributed by atoms with E-state index in [1.54, 1.807) is 6.20 Å². The van der Waals surface area contributed by atoms with Gasteiger partial charge in [-0.15, -0.1) is 0 Å². The monoisotopic (exact) mass is 445 g/mol. The normalized spacial score (nSPS) is 15.0. The summed E-state index contributed by atoms with van der Waals surface area (Å²) in [6.07, 6.45) is 7.83. The second-order valence-corrected chi connectivity index (χ2v) is 8.82. The van der Waals surface area contributed by atoms with E-state index < -0.39 is 0 Å². The molecule has 0 radical (unpaired) electrons. The molecular weight excluding hydrogens is 414 g/mol. The maximum Gasteiger partial charge on any atom is 0.230 e. The molecule has 1 aliphatic rings. The van der Waals surface area contributed by atoms with Gasteiger partial charge in [0.25, 0.3) is 0 Å². The van der Waals surface area contributed by atoms with Crippen LogP contribution in [0.25, 0.3) is 11.3 Å².